The van der Waals surface area contributed by atoms with Crippen molar-refractivity contribution in [1.82, 2.24) is 10.6 Å². The number of amides is 2. The zero-order chi connectivity index (χ0) is 26.3. The number of carboxylic acid groups (broad SMARTS) is 1. The summed E-state index contributed by atoms with van der Waals surface area (Å²) in [6, 6.07) is 11.9. The Labute approximate surface area is 239 Å². The molecule has 0 radical (unpaired) electrons. The van der Waals surface area contributed by atoms with Crippen LogP contribution in [-0.4, -0.2) is 53.7 Å². The second-order valence-electron chi connectivity index (χ2n) is 7.83. The molecule has 2 amide bonds. The average molecular weight is 544 g/mol. The van der Waals surface area contributed by atoms with Crippen LogP contribution in [0.5, 0.6) is 0 Å². The van der Waals surface area contributed by atoms with E-state index in [9.17, 15) is 32.7 Å². The average Bonchev–Trinajstić information content (AvgIpc) is 2.86. The van der Waals surface area contributed by atoms with Gasteiger partial charge < -0.3 is 22.5 Å². The molecular weight excluding hydrogens is 518 g/mol. The van der Waals surface area contributed by atoms with Crippen molar-refractivity contribution in [2.75, 3.05) is 23.9 Å². The van der Waals surface area contributed by atoms with E-state index in [1.807, 2.05) is 6.26 Å². The topological polar surface area (TPSA) is 108 Å². The minimum atomic E-state index is -4.70. The summed E-state index contributed by atoms with van der Waals surface area (Å²) >= 11 is 1.45. The number of benzene rings is 2. The number of nitrogens with one attached hydrogen (secondary N) is 3. The second kappa shape index (κ2) is 13.7. The third kappa shape index (κ3) is 8.13. The molecule has 37 heavy (non-hydrogen) atoms. The minimum absolute atomic E-state index is 0. The Kier molecular flexibility index (Phi) is 11.3. The number of hydrogen-bond acceptors (Lipinski definition) is 5. The summed E-state index contributed by atoms with van der Waals surface area (Å²) in [6.45, 7) is -0.296. The van der Waals surface area contributed by atoms with Crippen LogP contribution in [0.15, 0.2) is 72.0 Å². The van der Waals surface area contributed by atoms with E-state index in [0.29, 0.717) is 16.9 Å². The predicted octanol–water partition coefficient (Wildman–Crippen LogP) is 1.32. The van der Waals surface area contributed by atoms with Gasteiger partial charge in [-0.15, -0.1) is 0 Å². The maximum atomic E-state index is 13.4. The number of allylic oxidation sites excluding steroid dienone is 2. The van der Waals surface area contributed by atoms with E-state index in [1.54, 1.807) is 30.3 Å². The first-order valence-electron chi connectivity index (χ1n) is 10.9. The summed E-state index contributed by atoms with van der Waals surface area (Å²) in [5.74, 6) is -2.18. The number of rotatable bonds is 9. The van der Waals surface area contributed by atoms with E-state index >= 15 is 0 Å². The molecule has 0 bridgehead atoms. The molecule has 192 valence electrons. The van der Waals surface area contributed by atoms with Crippen molar-refractivity contribution in [3.8, 4) is 11.1 Å². The molecule has 12 heteroatoms. The summed E-state index contributed by atoms with van der Waals surface area (Å²) in [5.41, 5.74) is -0.184. The van der Waals surface area contributed by atoms with Crippen molar-refractivity contribution in [2.24, 2.45) is 0 Å². The molecule has 0 spiro atoms. The third-order valence-corrected chi connectivity index (χ3v) is 6.02. The summed E-state index contributed by atoms with van der Waals surface area (Å²) in [4.78, 5) is 37.3. The SMILES string of the molecule is CSCCC(NC(=O)c1ccc(NC(=O)C2=C(C(F)(F)F)C=CNC2)cc1-c1ccccc1)C(=O)O.[H-].[Na+]. The van der Waals surface area contributed by atoms with Crippen LogP contribution in [0.4, 0.5) is 18.9 Å². The second-order valence-corrected chi connectivity index (χ2v) is 8.82. The zero-order valence-corrected chi connectivity index (χ0v) is 23.0. The molecule has 0 aliphatic carbocycles. The number of hydrogen-bond donors (Lipinski definition) is 4. The molecule has 4 N–H and O–H groups in total. The monoisotopic (exact) mass is 543 g/mol. The fourth-order valence-electron chi connectivity index (χ4n) is 3.58. The zero-order valence-electron chi connectivity index (χ0n) is 21.2. The Morgan fingerprint density at radius 2 is 1.84 bits per heavy atom. The third-order valence-electron chi connectivity index (χ3n) is 5.37. The molecule has 1 aliphatic heterocycles. The number of thioether (sulfide) groups is 1. The molecule has 1 aliphatic rings. The van der Waals surface area contributed by atoms with Crippen LogP contribution in [0.25, 0.3) is 11.1 Å². The van der Waals surface area contributed by atoms with Gasteiger partial charge in [-0.3, -0.25) is 9.59 Å². The van der Waals surface area contributed by atoms with E-state index in [1.165, 1.54) is 30.0 Å². The van der Waals surface area contributed by atoms with E-state index < -0.39 is 41.1 Å². The smallest absolute Gasteiger partial charge is 1.00 e. The molecule has 1 atom stereocenters. The van der Waals surface area contributed by atoms with Gasteiger partial charge in [0.25, 0.3) is 11.8 Å². The number of alkyl halides is 3. The summed E-state index contributed by atoms with van der Waals surface area (Å²) < 4.78 is 40.1. The van der Waals surface area contributed by atoms with Crippen LogP contribution in [0.1, 0.15) is 18.2 Å². The molecule has 0 aromatic heterocycles. The van der Waals surface area contributed by atoms with Gasteiger partial charge in [-0.1, -0.05) is 30.3 Å². The van der Waals surface area contributed by atoms with Gasteiger partial charge in [-0.05, 0) is 60.0 Å². The number of carboxylic acids is 1. The molecule has 0 saturated carbocycles. The minimum Gasteiger partial charge on any atom is -1.00 e. The van der Waals surface area contributed by atoms with Crippen molar-refractivity contribution in [1.29, 1.82) is 0 Å². The van der Waals surface area contributed by atoms with Gasteiger partial charge in [0.1, 0.15) is 6.04 Å². The molecular formula is C25H25F3N3NaO4S. The van der Waals surface area contributed by atoms with Crippen molar-refractivity contribution in [2.45, 2.75) is 18.6 Å². The Morgan fingerprint density at radius 3 is 2.46 bits per heavy atom. The maximum absolute atomic E-state index is 13.4. The summed E-state index contributed by atoms with van der Waals surface area (Å²) in [6.07, 6.45) is -0.703. The van der Waals surface area contributed by atoms with Crippen molar-refractivity contribution in [3.05, 3.63) is 77.5 Å². The molecule has 0 fully saturated rings. The normalized spacial score (nSPS) is 13.7. The van der Waals surface area contributed by atoms with Gasteiger partial charge in [-0.2, -0.15) is 24.9 Å². The van der Waals surface area contributed by atoms with Crippen molar-refractivity contribution >= 4 is 35.2 Å². The van der Waals surface area contributed by atoms with Crippen LogP contribution in [0.2, 0.25) is 0 Å². The maximum Gasteiger partial charge on any atom is 1.00 e. The van der Waals surface area contributed by atoms with Crippen LogP contribution >= 0.6 is 11.8 Å². The van der Waals surface area contributed by atoms with E-state index in [0.717, 1.165) is 12.3 Å². The summed E-state index contributed by atoms with van der Waals surface area (Å²) in [7, 11) is 0. The fraction of sp³-hybridized carbons (Fsp3) is 0.240. The van der Waals surface area contributed by atoms with E-state index in [2.05, 4.69) is 16.0 Å². The largest absolute Gasteiger partial charge is 1.00 e. The quantitative estimate of drug-likeness (QED) is 0.356. The first kappa shape index (κ1) is 30.5. The van der Waals surface area contributed by atoms with Crippen LogP contribution in [0, 0.1) is 0 Å². The van der Waals surface area contributed by atoms with Gasteiger partial charge in [0.05, 0.1) is 5.57 Å². The van der Waals surface area contributed by atoms with Crippen LogP contribution in [0.3, 0.4) is 0 Å². The van der Waals surface area contributed by atoms with Crippen molar-refractivity contribution < 1.29 is 63.6 Å². The Hall–Kier alpha value is -2.73. The number of aliphatic carboxylic acids is 1. The number of anilines is 1. The molecule has 1 unspecified atom stereocenters. The van der Waals surface area contributed by atoms with Crippen LogP contribution < -0.4 is 45.5 Å². The standard InChI is InChI=1S/C25H24F3N3O4S.Na.H/c1-36-12-10-21(24(34)35)31-22(32)17-8-7-16(13-18(17)15-5-3-2-4-6-15)30-23(33)19-14-29-11-9-20(19)25(26,27)28;;/h2-9,11,13,21,29H,10,12,14H2,1H3,(H,30,33)(H,31,32)(H,34,35);;/q;+1;-1. The van der Waals surface area contributed by atoms with Gasteiger partial charge in [0.2, 0.25) is 0 Å². The Bertz CT molecular complexity index is 1210. The molecule has 7 nitrogen and oxygen atoms in total. The fourth-order valence-corrected chi connectivity index (χ4v) is 4.05. The molecule has 1 heterocycles. The van der Waals surface area contributed by atoms with E-state index in [4.69, 9.17) is 0 Å². The van der Waals surface area contributed by atoms with Gasteiger partial charge in [0, 0.05) is 23.4 Å². The van der Waals surface area contributed by atoms with E-state index in [-0.39, 0.29) is 55.2 Å². The predicted molar refractivity (Wildman–Crippen MR) is 134 cm³/mol. The molecule has 2 aromatic carbocycles. The Morgan fingerprint density at radius 1 is 1.14 bits per heavy atom. The molecule has 3 rings (SSSR count). The first-order chi connectivity index (χ1) is 17.1. The molecule has 2 aromatic rings. The Balaban J connectivity index is 0.00000361. The van der Waals surface area contributed by atoms with Gasteiger partial charge in [0.15, 0.2) is 0 Å². The number of carbonyl (C=O) groups excluding carboxylic acids is 2. The van der Waals surface area contributed by atoms with Crippen LogP contribution in [-0.2, 0) is 9.59 Å². The number of halogens is 3. The molecule has 0 saturated heterocycles. The summed E-state index contributed by atoms with van der Waals surface area (Å²) in [5, 5.41) is 17.1. The number of dihydropyridines is 1. The first-order valence-corrected chi connectivity index (χ1v) is 12.2. The van der Waals surface area contributed by atoms with Gasteiger partial charge in [-0.25, -0.2) is 4.79 Å². The van der Waals surface area contributed by atoms with Gasteiger partial charge >= 0.3 is 41.7 Å². The number of carbonyl (C=O) groups is 3. The van der Waals surface area contributed by atoms with Crippen molar-refractivity contribution in [3.63, 3.8) is 0 Å².